The molecule has 5 nitrogen and oxygen atoms in total. The fourth-order valence-corrected chi connectivity index (χ4v) is 2.12. The molecule has 2 rings (SSSR count). The molecule has 132 valence electrons. The number of aryl methyl sites for hydroxylation is 2. The molecule has 25 heavy (non-hydrogen) atoms. The Kier molecular flexibility index (Phi) is 6.57. The number of hydrogen-bond acceptors (Lipinski definition) is 4. The van der Waals surface area contributed by atoms with Gasteiger partial charge in [0.05, 0.1) is 12.8 Å². The van der Waals surface area contributed by atoms with E-state index in [1.165, 1.54) is 5.56 Å². The summed E-state index contributed by atoms with van der Waals surface area (Å²) < 4.78 is 11.0. The Labute approximate surface area is 148 Å². The van der Waals surface area contributed by atoms with Crippen LogP contribution in [0.3, 0.4) is 0 Å². The van der Waals surface area contributed by atoms with E-state index in [-0.39, 0.29) is 5.91 Å². The van der Waals surface area contributed by atoms with Crippen LogP contribution < -0.4 is 14.9 Å². The molecule has 5 heteroatoms. The standard InChI is InChI=1S/C20H24N2O3/c1-5-24-18-10-7-17(8-11-18)13-21-22-20(23)16(4)25-19-9-6-14(2)15(3)12-19/h6-13,16H,5H2,1-4H3,(H,22,23)/b21-13+. The molecule has 0 bridgehead atoms. The Morgan fingerprint density at radius 2 is 1.80 bits per heavy atom. The molecule has 0 saturated heterocycles. The van der Waals surface area contributed by atoms with Crippen molar-refractivity contribution in [2.75, 3.05) is 6.61 Å². The molecule has 1 N–H and O–H groups in total. The third-order valence-electron chi connectivity index (χ3n) is 3.74. The monoisotopic (exact) mass is 340 g/mol. The largest absolute Gasteiger partial charge is 0.494 e. The SMILES string of the molecule is CCOc1ccc(/C=N/NC(=O)C(C)Oc2ccc(C)c(C)c2)cc1. The number of hydrogen-bond donors (Lipinski definition) is 1. The molecular formula is C20H24N2O3. The van der Waals surface area contributed by atoms with Gasteiger partial charge in [-0.15, -0.1) is 0 Å². The van der Waals surface area contributed by atoms with Gasteiger partial charge in [-0.2, -0.15) is 5.10 Å². The molecule has 0 radical (unpaired) electrons. The van der Waals surface area contributed by atoms with Crippen LogP contribution in [0.2, 0.25) is 0 Å². The van der Waals surface area contributed by atoms with Crippen LogP contribution in [0.15, 0.2) is 47.6 Å². The Bertz CT molecular complexity index is 739. The predicted molar refractivity (Wildman–Crippen MR) is 99.4 cm³/mol. The minimum Gasteiger partial charge on any atom is -0.494 e. The van der Waals surface area contributed by atoms with Crippen LogP contribution in [0.1, 0.15) is 30.5 Å². The lowest BCUT2D eigenvalue weighted by Gasteiger charge is -2.14. The van der Waals surface area contributed by atoms with Gasteiger partial charge in [0.25, 0.3) is 5.91 Å². The van der Waals surface area contributed by atoms with Gasteiger partial charge in [-0.1, -0.05) is 6.07 Å². The van der Waals surface area contributed by atoms with Gasteiger partial charge in [-0.25, -0.2) is 5.43 Å². The molecule has 1 amide bonds. The second-order valence-corrected chi connectivity index (χ2v) is 5.74. The first kappa shape index (κ1) is 18.5. The number of rotatable bonds is 7. The van der Waals surface area contributed by atoms with Crippen molar-refractivity contribution in [3.8, 4) is 11.5 Å². The number of ether oxygens (including phenoxy) is 2. The van der Waals surface area contributed by atoms with Crippen molar-refractivity contribution >= 4 is 12.1 Å². The second-order valence-electron chi connectivity index (χ2n) is 5.74. The van der Waals surface area contributed by atoms with E-state index in [2.05, 4.69) is 10.5 Å². The van der Waals surface area contributed by atoms with E-state index in [9.17, 15) is 4.79 Å². The minimum atomic E-state index is -0.639. The summed E-state index contributed by atoms with van der Waals surface area (Å²) in [6, 6.07) is 13.2. The van der Waals surface area contributed by atoms with Crippen molar-refractivity contribution in [3.63, 3.8) is 0 Å². The molecule has 2 aromatic rings. The molecular weight excluding hydrogens is 316 g/mol. The topological polar surface area (TPSA) is 59.9 Å². The van der Waals surface area contributed by atoms with Crippen molar-refractivity contribution in [1.29, 1.82) is 0 Å². The van der Waals surface area contributed by atoms with E-state index in [0.717, 1.165) is 16.9 Å². The number of nitrogens with one attached hydrogen (secondary N) is 1. The van der Waals surface area contributed by atoms with Gasteiger partial charge in [0.15, 0.2) is 6.10 Å². The highest BCUT2D eigenvalue weighted by Gasteiger charge is 2.14. The first-order chi connectivity index (χ1) is 12.0. The van der Waals surface area contributed by atoms with Crippen molar-refractivity contribution in [2.45, 2.75) is 33.8 Å². The Morgan fingerprint density at radius 3 is 2.44 bits per heavy atom. The maximum absolute atomic E-state index is 12.1. The van der Waals surface area contributed by atoms with Crippen LogP contribution in [-0.4, -0.2) is 24.8 Å². The Morgan fingerprint density at radius 1 is 1.12 bits per heavy atom. The van der Waals surface area contributed by atoms with Gasteiger partial charge >= 0.3 is 0 Å². The Hall–Kier alpha value is -2.82. The maximum atomic E-state index is 12.1. The lowest BCUT2D eigenvalue weighted by atomic mass is 10.1. The molecule has 0 aliphatic rings. The van der Waals surface area contributed by atoms with E-state index < -0.39 is 6.10 Å². The Balaban J connectivity index is 1.86. The predicted octanol–water partition coefficient (Wildman–Crippen LogP) is 3.62. The third kappa shape index (κ3) is 5.64. The molecule has 0 fully saturated rings. The molecule has 2 aromatic carbocycles. The molecule has 1 unspecified atom stereocenters. The summed E-state index contributed by atoms with van der Waals surface area (Å²) in [4.78, 5) is 12.1. The normalized spacial score (nSPS) is 12.0. The summed E-state index contributed by atoms with van der Waals surface area (Å²) in [7, 11) is 0. The zero-order valence-corrected chi connectivity index (χ0v) is 15.1. The summed E-state index contributed by atoms with van der Waals surface area (Å²) in [5, 5.41) is 3.97. The van der Waals surface area contributed by atoms with Gasteiger partial charge in [-0.05, 0) is 80.8 Å². The summed E-state index contributed by atoms with van der Waals surface area (Å²) in [6.45, 7) is 8.30. The molecule has 0 aliphatic carbocycles. The van der Waals surface area contributed by atoms with Gasteiger partial charge in [0.2, 0.25) is 0 Å². The summed E-state index contributed by atoms with van der Waals surface area (Å²) >= 11 is 0. The van der Waals surface area contributed by atoms with Gasteiger partial charge in [0, 0.05) is 0 Å². The maximum Gasteiger partial charge on any atom is 0.280 e. The van der Waals surface area contributed by atoms with E-state index >= 15 is 0 Å². The first-order valence-electron chi connectivity index (χ1n) is 8.29. The highest BCUT2D eigenvalue weighted by molar-refractivity contribution is 5.84. The quantitative estimate of drug-likeness (QED) is 0.618. The highest BCUT2D eigenvalue weighted by Crippen LogP contribution is 2.17. The summed E-state index contributed by atoms with van der Waals surface area (Å²) in [5.41, 5.74) is 5.67. The summed E-state index contributed by atoms with van der Waals surface area (Å²) in [5.74, 6) is 1.17. The third-order valence-corrected chi connectivity index (χ3v) is 3.74. The molecule has 0 aliphatic heterocycles. The van der Waals surface area contributed by atoms with Crippen molar-refractivity contribution in [3.05, 3.63) is 59.2 Å². The van der Waals surface area contributed by atoms with Crippen LogP contribution in [0.5, 0.6) is 11.5 Å². The number of carbonyl (C=O) groups excluding carboxylic acids is 1. The number of carbonyl (C=O) groups is 1. The zero-order valence-electron chi connectivity index (χ0n) is 15.1. The van der Waals surface area contributed by atoms with Crippen molar-refractivity contribution < 1.29 is 14.3 Å². The van der Waals surface area contributed by atoms with Crippen molar-refractivity contribution in [1.82, 2.24) is 5.43 Å². The first-order valence-corrected chi connectivity index (χ1v) is 8.29. The fourth-order valence-electron chi connectivity index (χ4n) is 2.12. The minimum absolute atomic E-state index is 0.305. The summed E-state index contributed by atoms with van der Waals surface area (Å²) in [6.07, 6.45) is 0.940. The van der Waals surface area contributed by atoms with Crippen LogP contribution in [-0.2, 0) is 4.79 Å². The number of benzene rings is 2. The van der Waals surface area contributed by atoms with E-state index in [1.54, 1.807) is 13.1 Å². The number of nitrogens with zero attached hydrogens (tertiary/aromatic N) is 1. The van der Waals surface area contributed by atoms with Gasteiger partial charge < -0.3 is 9.47 Å². The van der Waals surface area contributed by atoms with E-state index in [4.69, 9.17) is 9.47 Å². The molecule has 0 aromatic heterocycles. The van der Waals surface area contributed by atoms with Crippen LogP contribution >= 0.6 is 0 Å². The zero-order chi connectivity index (χ0) is 18.2. The lowest BCUT2D eigenvalue weighted by Crippen LogP contribution is -2.33. The average Bonchev–Trinajstić information content (AvgIpc) is 2.60. The molecule has 0 saturated carbocycles. The molecule has 1 atom stereocenters. The fraction of sp³-hybridized carbons (Fsp3) is 0.300. The van der Waals surface area contributed by atoms with Crippen molar-refractivity contribution in [2.24, 2.45) is 5.10 Å². The van der Waals surface area contributed by atoms with E-state index in [0.29, 0.717) is 12.4 Å². The van der Waals surface area contributed by atoms with E-state index in [1.807, 2.05) is 63.2 Å². The van der Waals surface area contributed by atoms with Crippen LogP contribution in [0, 0.1) is 13.8 Å². The van der Waals surface area contributed by atoms with Crippen LogP contribution in [0.25, 0.3) is 0 Å². The lowest BCUT2D eigenvalue weighted by molar-refractivity contribution is -0.127. The molecule has 0 spiro atoms. The number of hydrazone groups is 1. The molecule has 0 heterocycles. The average molecular weight is 340 g/mol. The highest BCUT2D eigenvalue weighted by atomic mass is 16.5. The number of amides is 1. The van der Waals surface area contributed by atoms with Gasteiger partial charge in [0.1, 0.15) is 11.5 Å². The van der Waals surface area contributed by atoms with Crippen LogP contribution in [0.4, 0.5) is 0 Å². The second kappa shape index (κ2) is 8.87. The van der Waals surface area contributed by atoms with Gasteiger partial charge in [-0.3, -0.25) is 4.79 Å². The smallest absolute Gasteiger partial charge is 0.280 e.